The molecule has 2 aromatic rings. The van der Waals surface area contributed by atoms with Crippen LogP contribution in [0.4, 0.5) is 0 Å². The van der Waals surface area contributed by atoms with Gasteiger partial charge in [0.2, 0.25) is 0 Å². The second-order valence-corrected chi connectivity index (χ2v) is 6.09. The van der Waals surface area contributed by atoms with E-state index in [1.165, 1.54) is 10.5 Å². The first-order chi connectivity index (χ1) is 10.7. The molecule has 0 heterocycles. The van der Waals surface area contributed by atoms with Crippen LogP contribution < -0.4 is 9.64 Å². The maximum Gasteiger partial charge on any atom is 0.119 e. The van der Waals surface area contributed by atoms with Gasteiger partial charge < -0.3 is 9.64 Å². The van der Waals surface area contributed by atoms with Crippen molar-refractivity contribution in [3.8, 4) is 5.75 Å². The lowest BCUT2D eigenvalue weighted by Crippen LogP contribution is -3.07. The number of rotatable bonds is 8. The Bertz CT molecular complexity index is 571. The highest BCUT2D eigenvalue weighted by molar-refractivity contribution is 6.31. The first-order valence-electron chi connectivity index (χ1n) is 7.95. The molecule has 0 saturated heterocycles. The van der Waals surface area contributed by atoms with Crippen molar-refractivity contribution in [3.63, 3.8) is 0 Å². The summed E-state index contributed by atoms with van der Waals surface area (Å²) in [6.45, 7) is 5.01. The molecule has 3 heteroatoms. The van der Waals surface area contributed by atoms with E-state index in [1.54, 1.807) is 0 Å². The number of halogens is 1. The molecule has 118 valence electrons. The lowest BCUT2D eigenvalue weighted by Gasteiger charge is -2.14. The van der Waals surface area contributed by atoms with Gasteiger partial charge in [-0.2, -0.15) is 0 Å². The molecule has 1 unspecified atom stereocenters. The number of hydrogen-bond acceptors (Lipinski definition) is 1. The fourth-order valence-electron chi connectivity index (χ4n) is 2.51. The van der Waals surface area contributed by atoms with Crippen molar-refractivity contribution in [1.82, 2.24) is 0 Å². The molecular formula is C19H25ClNO+. The molecular weight excluding hydrogens is 294 g/mol. The van der Waals surface area contributed by atoms with Crippen molar-refractivity contribution in [2.24, 2.45) is 0 Å². The molecule has 0 aliphatic carbocycles. The van der Waals surface area contributed by atoms with E-state index in [2.05, 4.69) is 44.3 Å². The Balaban J connectivity index is 1.70. The zero-order valence-electron chi connectivity index (χ0n) is 13.4. The summed E-state index contributed by atoms with van der Waals surface area (Å²) >= 11 is 6.12. The Morgan fingerprint density at radius 1 is 1.09 bits per heavy atom. The third-order valence-electron chi connectivity index (χ3n) is 3.76. The van der Waals surface area contributed by atoms with Gasteiger partial charge in [0.1, 0.15) is 12.3 Å². The molecule has 0 spiro atoms. The first kappa shape index (κ1) is 16.9. The Kier molecular flexibility index (Phi) is 6.75. The largest absolute Gasteiger partial charge is 0.493 e. The molecule has 22 heavy (non-hydrogen) atoms. The maximum atomic E-state index is 6.12. The van der Waals surface area contributed by atoms with E-state index in [0.717, 1.165) is 48.9 Å². The third-order valence-corrected chi connectivity index (χ3v) is 4.13. The molecule has 0 aliphatic heterocycles. The highest BCUT2D eigenvalue weighted by Gasteiger charge is 2.04. The van der Waals surface area contributed by atoms with Gasteiger partial charge in [-0.15, -0.1) is 0 Å². The van der Waals surface area contributed by atoms with Crippen LogP contribution in [-0.2, 0) is 13.0 Å². The smallest absolute Gasteiger partial charge is 0.119 e. The normalized spacial score (nSPS) is 12.1. The van der Waals surface area contributed by atoms with Gasteiger partial charge in [-0.3, -0.25) is 0 Å². The van der Waals surface area contributed by atoms with Crippen molar-refractivity contribution in [3.05, 3.63) is 64.7 Å². The predicted molar refractivity (Wildman–Crippen MR) is 92.8 cm³/mol. The molecule has 0 bridgehead atoms. The maximum absolute atomic E-state index is 6.12. The Morgan fingerprint density at radius 2 is 1.86 bits per heavy atom. The Hall–Kier alpha value is -1.51. The minimum atomic E-state index is 0.747. The van der Waals surface area contributed by atoms with Gasteiger partial charge in [0.05, 0.1) is 20.2 Å². The number of ether oxygens (including phenoxy) is 1. The summed E-state index contributed by atoms with van der Waals surface area (Å²) in [6, 6.07) is 16.5. The summed E-state index contributed by atoms with van der Waals surface area (Å²) in [7, 11) is 2.23. The topological polar surface area (TPSA) is 13.7 Å². The van der Waals surface area contributed by atoms with Crippen molar-refractivity contribution < 1.29 is 9.64 Å². The number of quaternary nitrogens is 1. The van der Waals surface area contributed by atoms with Crippen LogP contribution in [0.2, 0.25) is 5.02 Å². The molecule has 1 N–H and O–H groups in total. The van der Waals surface area contributed by atoms with Crippen LogP contribution in [0, 0.1) is 0 Å². The molecule has 1 atom stereocenters. The molecule has 0 aromatic heterocycles. The van der Waals surface area contributed by atoms with E-state index in [-0.39, 0.29) is 0 Å². The third kappa shape index (κ3) is 5.36. The SMILES string of the molecule is CCc1cc(OCCC[NH+](C)Cc2ccccc2)ccc1Cl. The van der Waals surface area contributed by atoms with Crippen molar-refractivity contribution in [1.29, 1.82) is 0 Å². The van der Waals surface area contributed by atoms with Gasteiger partial charge in [-0.25, -0.2) is 0 Å². The minimum Gasteiger partial charge on any atom is -0.493 e. The van der Waals surface area contributed by atoms with E-state index in [0.29, 0.717) is 0 Å². The van der Waals surface area contributed by atoms with Gasteiger partial charge in [-0.05, 0) is 30.2 Å². The lowest BCUT2D eigenvalue weighted by molar-refractivity contribution is -0.894. The number of hydrogen-bond donors (Lipinski definition) is 1. The first-order valence-corrected chi connectivity index (χ1v) is 8.33. The van der Waals surface area contributed by atoms with E-state index < -0.39 is 0 Å². The van der Waals surface area contributed by atoms with Crippen LogP contribution in [0.5, 0.6) is 5.75 Å². The van der Waals surface area contributed by atoms with Gasteiger partial charge >= 0.3 is 0 Å². The van der Waals surface area contributed by atoms with Crippen LogP contribution in [0.15, 0.2) is 48.5 Å². The van der Waals surface area contributed by atoms with E-state index in [9.17, 15) is 0 Å². The van der Waals surface area contributed by atoms with Crippen molar-refractivity contribution >= 4 is 11.6 Å². The molecule has 0 fully saturated rings. The second-order valence-electron chi connectivity index (χ2n) is 5.68. The number of aryl methyl sites for hydroxylation is 1. The summed E-state index contributed by atoms with van der Waals surface area (Å²) in [5.41, 5.74) is 2.53. The predicted octanol–water partition coefficient (Wildman–Crippen LogP) is 3.39. The average molecular weight is 319 g/mol. The fourth-order valence-corrected chi connectivity index (χ4v) is 2.76. The highest BCUT2D eigenvalue weighted by Crippen LogP contribution is 2.22. The van der Waals surface area contributed by atoms with E-state index in [4.69, 9.17) is 16.3 Å². The monoisotopic (exact) mass is 318 g/mol. The molecule has 0 saturated carbocycles. The summed E-state index contributed by atoms with van der Waals surface area (Å²) in [5.74, 6) is 0.918. The van der Waals surface area contributed by atoms with Crippen LogP contribution in [0.3, 0.4) is 0 Å². The van der Waals surface area contributed by atoms with Gasteiger partial charge in [-0.1, -0.05) is 48.9 Å². The van der Waals surface area contributed by atoms with Gasteiger partial charge in [0.25, 0.3) is 0 Å². The summed E-state index contributed by atoms with van der Waals surface area (Å²) in [4.78, 5) is 1.50. The zero-order chi connectivity index (χ0) is 15.8. The minimum absolute atomic E-state index is 0.747. The molecule has 2 aromatic carbocycles. The molecule has 2 nitrogen and oxygen atoms in total. The molecule has 0 radical (unpaired) electrons. The van der Waals surface area contributed by atoms with Crippen LogP contribution in [0.1, 0.15) is 24.5 Å². The van der Waals surface area contributed by atoms with Crippen LogP contribution >= 0.6 is 11.6 Å². The average Bonchev–Trinajstić information content (AvgIpc) is 2.54. The van der Waals surface area contributed by atoms with E-state index in [1.807, 2.05) is 18.2 Å². The van der Waals surface area contributed by atoms with Gasteiger partial charge in [0.15, 0.2) is 0 Å². The highest BCUT2D eigenvalue weighted by atomic mass is 35.5. The zero-order valence-corrected chi connectivity index (χ0v) is 14.2. The molecule has 0 aliphatic rings. The summed E-state index contributed by atoms with van der Waals surface area (Å²) in [5, 5.41) is 0.821. The van der Waals surface area contributed by atoms with Crippen molar-refractivity contribution in [2.45, 2.75) is 26.3 Å². The Labute approximate surface area is 138 Å². The van der Waals surface area contributed by atoms with E-state index >= 15 is 0 Å². The summed E-state index contributed by atoms with van der Waals surface area (Å²) < 4.78 is 5.83. The Morgan fingerprint density at radius 3 is 2.59 bits per heavy atom. The molecule has 2 rings (SSSR count). The van der Waals surface area contributed by atoms with Crippen LogP contribution in [0.25, 0.3) is 0 Å². The standard InChI is InChI=1S/C19H24ClNO/c1-3-17-14-18(10-11-19(17)20)22-13-7-12-21(2)15-16-8-5-4-6-9-16/h4-6,8-11,14H,3,7,12-13,15H2,1-2H3/p+1. The number of nitrogens with one attached hydrogen (secondary N) is 1. The summed E-state index contributed by atoms with van der Waals surface area (Å²) in [6.07, 6.45) is 1.97. The number of benzene rings is 2. The quantitative estimate of drug-likeness (QED) is 0.737. The lowest BCUT2D eigenvalue weighted by atomic mass is 10.1. The van der Waals surface area contributed by atoms with Crippen LogP contribution in [-0.4, -0.2) is 20.2 Å². The van der Waals surface area contributed by atoms with Crippen molar-refractivity contribution in [2.75, 3.05) is 20.2 Å². The molecule has 0 amide bonds. The fraction of sp³-hybridized carbons (Fsp3) is 0.368. The van der Waals surface area contributed by atoms with Gasteiger partial charge in [0, 0.05) is 17.0 Å². The second kappa shape index (κ2) is 8.82.